The Morgan fingerprint density at radius 1 is 1.03 bits per heavy atom. The Morgan fingerprint density at radius 2 is 1.73 bits per heavy atom. The summed E-state index contributed by atoms with van der Waals surface area (Å²) in [5.74, 6) is 0.625. The maximum Gasteiger partial charge on any atom is 0.255 e. The van der Waals surface area contributed by atoms with Crippen LogP contribution in [0.15, 0.2) is 29.3 Å². The molecule has 0 spiro atoms. The number of phenolic OH excluding ortho intramolecular Hbond substituents is 1. The molecule has 0 aromatic heterocycles. The van der Waals surface area contributed by atoms with Gasteiger partial charge in [-0.15, -0.1) is 24.0 Å². The van der Waals surface area contributed by atoms with Gasteiger partial charge in [0, 0.05) is 52.4 Å². The fourth-order valence-corrected chi connectivity index (χ4v) is 3.74. The minimum atomic E-state index is -0.318. The molecule has 0 bridgehead atoms. The number of carbonyl (C=O) groups is 2. The van der Waals surface area contributed by atoms with E-state index in [1.54, 1.807) is 18.2 Å². The van der Waals surface area contributed by atoms with Crippen LogP contribution in [0, 0.1) is 0 Å². The molecule has 10 nitrogen and oxygen atoms in total. The second-order valence-corrected chi connectivity index (χ2v) is 7.77. The number of nitrogens with zero attached hydrogens (tertiary/aromatic N) is 4. The van der Waals surface area contributed by atoms with Crippen LogP contribution < -0.4 is 10.6 Å². The fraction of sp³-hybridized carbons (Fsp3) is 0.591. The lowest BCUT2D eigenvalue weighted by atomic mass is 10.2. The van der Waals surface area contributed by atoms with Gasteiger partial charge in [0.25, 0.3) is 5.91 Å². The predicted octanol–water partition coefficient (Wildman–Crippen LogP) is 0.182. The molecule has 2 fully saturated rings. The number of phenols is 1. The lowest BCUT2D eigenvalue weighted by Gasteiger charge is -2.37. The highest BCUT2D eigenvalue weighted by Gasteiger charge is 2.24. The highest BCUT2D eigenvalue weighted by atomic mass is 127. The van der Waals surface area contributed by atoms with E-state index in [2.05, 4.69) is 25.4 Å². The van der Waals surface area contributed by atoms with Crippen molar-refractivity contribution in [2.24, 2.45) is 4.99 Å². The molecule has 0 radical (unpaired) electrons. The molecule has 184 valence electrons. The zero-order valence-electron chi connectivity index (χ0n) is 19.2. The second kappa shape index (κ2) is 14.2. The van der Waals surface area contributed by atoms with Crippen molar-refractivity contribution < 1.29 is 19.4 Å². The summed E-state index contributed by atoms with van der Waals surface area (Å²) in [5, 5.41) is 15.9. The Hall–Kier alpha value is -2.12. The van der Waals surface area contributed by atoms with Crippen LogP contribution in [-0.2, 0) is 9.53 Å². The lowest BCUT2D eigenvalue weighted by Crippen LogP contribution is -2.55. The van der Waals surface area contributed by atoms with Gasteiger partial charge in [-0.2, -0.15) is 0 Å². The molecule has 3 rings (SSSR count). The van der Waals surface area contributed by atoms with Gasteiger partial charge in [0.15, 0.2) is 5.96 Å². The van der Waals surface area contributed by atoms with Crippen LogP contribution in [0.5, 0.6) is 5.75 Å². The molecular formula is C22H35IN6O4. The lowest BCUT2D eigenvalue weighted by molar-refractivity contribution is -0.136. The van der Waals surface area contributed by atoms with Crippen molar-refractivity contribution in [1.82, 2.24) is 25.3 Å². The molecule has 2 saturated heterocycles. The minimum absolute atomic E-state index is 0. The summed E-state index contributed by atoms with van der Waals surface area (Å²) >= 11 is 0. The molecular weight excluding hydrogens is 539 g/mol. The third-order valence-corrected chi connectivity index (χ3v) is 5.54. The second-order valence-electron chi connectivity index (χ2n) is 7.77. The number of hydrogen-bond donors (Lipinski definition) is 3. The van der Waals surface area contributed by atoms with Crippen molar-refractivity contribution in [2.45, 2.75) is 6.92 Å². The van der Waals surface area contributed by atoms with Gasteiger partial charge < -0.3 is 30.3 Å². The van der Waals surface area contributed by atoms with E-state index in [9.17, 15) is 14.7 Å². The van der Waals surface area contributed by atoms with Crippen molar-refractivity contribution in [2.75, 3.05) is 78.7 Å². The zero-order valence-corrected chi connectivity index (χ0v) is 21.5. The van der Waals surface area contributed by atoms with Crippen LogP contribution in [0.25, 0.3) is 0 Å². The molecule has 11 heteroatoms. The highest BCUT2D eigenvalue weighted by Crippen LogP contribution is 2.14. The number of benzene rings is 1. The number of aromatic hydroxyl groups is 1. The number of rotatable bonds is 7. The molecule has 3 N–H and O–H groups in total. The van der Waals surface area contributed by atoms with Crippen molar-refractivity contribution in [3.8, 4) is 5.75 Å². The smallest absolute Gasteiger partial charge is 0.255 e. The van der Waals surface area contributed by atoms with Crippen molar-refractivity contribution >= 4 is 41.8 Å². The summed E-state index contributed by atoms with van der Waals surface area (Å²) in [6, 6.07) is 6.47. The van der Waals surface area contributed by atoms with Crippen LogP contribution >= 0.6 is 24.0 Å². The van der Waals surface area contributed by atoms with Gasteiger partial charge in [0.1, 0.15) is 5.75 Å². The molecule has 2 heterocycles. The molecule has 33 heavy (non-hydrogen) atoms. The van der Waals surface area contributed by atoms with Gasteiger partial charge in [0.05, 0.1) is 31.9 Å². The molecule has 0 atom stereocenters. The monoisotopic (exact) mass is 574 g/mol. The number of amides is 2. The summed E-state index contributed by atoms with van der Waals surface area (Å²) in [6.45, 7) is 9.77. The van der Waals surface area contributed by atoms with Crippen LogP contribution in [-0.4, -0.2) is 116 Å². The fourth-order valence-electron chi connectivity index (χ4n) is 3.74. The standard InChI is InChI=1S/C22H34N6O4.HI/c1-2-23-22(25-8-7-24-21(31)18-5-3-4-6-19(18)29)28-11-9-26(10-12-28)17-20(30)27-13-15-32-16-14-27;/h3-6,29H,2,7-17H2,1H3,(H,23,25)(H,24,31);1H. The van der Waals surface area contributed by atoms with E-state index in [0.717, 1.165) is 38.7 Å². The Morgan fingerprint density at radius 3 is 2.39 bits per heavy atom. The van der Waals surface area contributed by atoms with E-state index < -0.39 is 0 Å². The van der Waals surface area contributed by atoms with Gasteiger partial charge in [0.2, 0.25) is 5.91 Å². The maximum atomic E-state index is 12.5. The van der Waals surface area contributed by atoms with E-state index >= 15 is 0 Å². The first-order valence-corrected chi connectivity index (χ1v) is 11.3. The Kier molecular flexibility index (Phi) is 11.7. The first-order valence-electron chi connectivity index (χ1n) is 11.3. The maximum absolute atomic E-state index is 12.5. The van der Waals surface area contributed by atoms with E-state index in [1.165, 1.54) is 6.07 Å². The number of para-hydroxylation sites is 1. The zero-order chi connectivity index (χ0) is 22.8. The molecule has 2 amide bonds. The van der Waals surface area contributed by atoms with Crippen LogP contribution in [0.2, 0.25) is 0 Å². The molecule has 1 aromatic carbocycles. The number of piperazine rings is 1. The first-order chi connectivity index (χ1) is 15.6. The van der Waals surface area contributed by atoms with Crippen molar-refractivity contribution in [3.63, 3.8) is 0 Å². The minimum Gasteiger partial charge on any atom is -0.507 e. The Balaban J connectivity index is 0.00000385. The Bertz CT molecular complexity index is 795. The van der Waals surface area contributed by atoms with Gasteiger partial charge in [-0.05, 0) is 19.1 Å². The highest BCUT2D eigenvalue weighted by molar-refractivity contribution is 14.0. The molecule has 0 unspecified atom stereocenters. The van der Waals surface area contributed by atoms with E-state index in [0.29, 0.717) is 45.9 Å². The summed E-state index contributed by atoms with van der Waals surface area (Å²) < 4.78 is 5.32. The number of ether oxygens (including phenoxy) is 1. The van der Waals surface area contributed by atoms with Gasteiger partial charge in [-0.3, -0.25) is 19.5 Å². The largest absolute Gasteiger partial charge is 0.507 e. The third kappa shape index (κ3) is 8.31. The average molecular weight is 574 g/mol. The van der Waals surface area contributed by atoms with E-state index in [-0.39, 0.29) is 47.1 Å². The first kappa shape index (κ1) is 27.1. The van der Waals surface area contributed by atoms with Crippen LogP contribution in [0.4, 0.5) is 0 Å². The quantitative estimate of drug-likeness (QED) is 0.185. The number of nitrogens with one attached hydrogen (secondary N) is 2. The molecule has 0 saturated carbocycles. The van der Waals surface area contributed by atoms with Crippen LogP contribution in [0.1, 0.15) is 17.3 Å². The molecule has 2 aliphatic rings. The van der Waals surface area contributed by atoms with Crippen molar-refractivity contribution in [3.05, 3.63) is 29.8 Å². The molecule has 0 aliphatic carbocycles. The Labute approximate surface area is 212 Å². The van der Waals surface area contributed by atoms with Crippen molar-refractivity contribution in [1.29, 1.82) is 0 Å². The molecule has 1 aromatic rings. The van der Waals surface area contributed by atoms with E-state index in [4.69, 9.17) is 4.74 Å². The predicted molar refractivity (Wildman–Crippen MR) is 137 cm³/mol. The summed E-state index contributed by atoms with van der Waals surface area (Å²) in [5.41, 5.74) is 0.256. The number of guanidine groups is 1. The normalized spacial score (nSPS) is 17.3. The number of morpholine rings is 1. The number of aliphatic imine (C=N–C) groups is 1. The van der Waals surface area contributed by atoms with Gasteiger partial charge >= 0.3 is 0 Å². The summed E-state index contributed by atoms with van der Waals surface area (Å²) in [6.07, 6.45) is 0. The van der Waals surface area contributed by atoms with Gasteiger partial charge in [-0.25, -0.2) is 0 Å². The third-order valence-electron chi connectivity index (χ3n) is 5.54. The van der Waals surface area contributed by atoms with E-state index in [1.807, 2.05) is 11.8 Å². The number of halogens is 1. The SMILES string of the molecule is CCNC(=NCCNC(=O)c1ccccc1O)N1CCN(CC(=O)N2CCOCC2)CC1.I. The number of hydrogen-bond acceptors (Lipinski definition) is 6. The number of carbonyl (C=O) groups excluding carboxylic acids is 2. The molecule has 2 aliphatic heterocycles. The summed E-state index contributed by atoms with van der Waals surface area (Å²) in [7, 11) is 0. The van der Waals surface area contributed by atoms with Crippen LogP contribution in [0.3, 0.4) is 0 Å². The van der Waals surface area contributed by atoms with Gasteiger partial charge in [-0.1, -0.05) is 12.1 Å². The topological polar surface area (TPSA) is 110 Å². The average Bonchev–Trinajstić information content (AvgIpc) is 2.82. The summed E-state index contributed by atoms with van der Waals surface area (Å²) in [4.78, 5) is 35.5.